The molecule has 1 amide bonds. The van der Waals surface area contributed by atoms with Crippen molar-refractivity contribution in [3.8, 4) is 0 Å². The molecule has 1 aromatic rings. The Kier molecular flexibility index (Phi) is 6.88. The van der Waals surface area contributed by atoms with Gasteiger partial charge in [-0.15, -0.1) is 0 Å². The molecule has 116 valence electrons. The number of rotatable bonds is 7. The van der Waals surface area contributed by atoms with Gasteiger partial charge in [-0.3, -0.25) is 4.79 Å². The van der Waals surface area contributed by atoms with E-state index in [1.54, 1.807) is 0 Å². The van der Waals surface area contributed by atoms with E-state index in [-0.39, 0.29) is 11.8 Å². The molecule has 5 heteroatoms. The Bertz CT molecular complexity index is 462. The largest absolute Gasteiger partial charge is 0.467 e. The summed E-state index contributed by atoms with van der Waals surface area (Å²) < 4.78 is 4.74. The third-order valence-corrected chi connectivity index (χ3v) is 3.60. The second kappa shape index (κ2) is 8.42. The Morgan fingerprint density at radius 1 is 1.29 bits per heavy atom. The lowest BCUT2D eigenvalue weighted by molar-refractivity contribution is -0.146. The SMILES string of the molecule is CCC(C)C(NC(=O)[C@@H](N)Cc1ccccc1)C(=O)OC. The summed E-state index contributed by atoms with van der Waals surface area (Å²) in [6, 6.07) is 8.19. The van der Waals surface area contributed by atoms with Crippen LogP contribution < -0.4 is 11.1 Å². The molecule has 0 aliphatic heterocycles. The molecule has 0 radical (unpaired) electrons. The molecule has 0 aliphatic rings. The van der Waals surface area contributed by atoms with Crippen LogP contribution in [0.4, 0.5) is 0 Å². The lowest BCUT2D eigenvalue weighted by Gasteiger charge is -2.23. The number of nitrogens with one attached hydrogen (secondary N) is 1. The molecule has 0 fully saturated rings. The number of carbonyl (C=O) groups excluding carboxylic acids is 2. The molecule has 21 heavy (non-hydrogen) atoms. The van der Waals surface area contributed by atoms with E-state index >= 15 is 0 Å². The van der Waals surface area contributed by atoms with Crippen LogP contribution in [-0.2, 0) is 20.7 Å². The van der Waals surface area contributed by atoms with Gasteiger partial charge in [0.2, 0.25) is 5.91 Å². The van der Waals surface area contributed by atoms with Crippen LogP contribution in [0.5, 0.6) is 0 Å². The van der Waals surface area contributed by atoms with Crippen LogP contribution in [0.1, 0.15) is 25.8 Å². The van der Waals surface area contributed by atoms with Crippen LogP contribution in [-0.4, -0.2) is 31.1 Å². The van der Waals surface area contributed by atoms with Gasteiger partial charge < -0.3 is 15.8 Å². The Morgan fingerprint density at radius 3 is 2.43 bits per heavy atom. The van der Waals surface area contributed by atoms with Crippen molar-refractivity contribution in [2.24, 2.45) is 11.7 Å². The number of esters is 1. The fraction of sp³-hybridized carbons (Fsp3) is 0.500. The van der Waals surface area contributed by atoms with Gasteiger partial charge in [0.25, 0.3) is 0 Å². The Hall–Kier alpha value is -1.88. The summed E-state index contributed by atoms with van der Waals surface area (Å²) in [6.07, 6.45) is 1.19. The molecule has 0 aliphatic carbocycles. The topological polar surface area (TPSA) is 81.4 Å². The average Bonchev–Trinajstić information content (AvgIpc) is 2.51. The van der Waals surface area contributed by atoms with Crippen molar-refractivity contribution >= 4 is 11.9 Å². The first-order chi connectivity index (χ1) is 9.99. The number of hydrogen-bond donors (Lipinski definition) is 2. The zero-order valence-corrected chi connectivity index (χ0v) is 12.8. The fourth-order valence-electron chi connectivity index (χ4n) is 2.02. The summed E-state index contributed by atoms with van der Waals surface area (Å²) in [4.78, 5) is 23.9. The average molecular weight is 292 g/mol. The zero-order chi connectivity index (χ0) is 15.8. The molecule has 5 nitrogen and oxygen atoms in total. The van der Waals surface area contributed by atoms with Gasteiger partial charge in [-0.1, -0.05) is 50.6 Å². The number of amides is 1. The van der Waals surface area contributed by atoms with Crippen molar-refractivity contribution in [2.45, 2.75) is 38.8 Å². The van der Waals surface area contributed by atoms with Crippen LogP contribution in [0.2, 0.25) is 0 Å². The summed E-state index contributed by atoms with van der Waals surface area (Å²) in [7, 11) is 1.31. The fourth-order valence-corrected chi connectivity index (χ4v) is 2.02. The van der Waals surface area contributed by atoms with Crippen molar-refractivity contribution in [1.29, 1.82) is 0 Å². The number of ether oxygens (including phenoxy) is 1. The van der Waals surface area contributed by atoms with Gasteiger partial charge in [-0.05, 0) is 17.9 Å². The maximum atomic E-state index is 12.2. The van der Waals surface area contributed by atoms with Gasteiger partial charge in [0.15, 0.2) is 0 Å². The van der Waals surface area contributed by atoms with E-state index in [2.05, 4.69) is 5.32 Å². The minimum Gasteiger partial charge on any atom is -0.467 e. The molecule has 0 heterocycles. The summed E-state index contributed by atoms with van der Waals surface area (Å²) in [5.74, 6) is -0.788. The van der Waals surface area contributed by atoms with Crippen LogP contribution in [0, 0.1) is 5.92 Å². The van der Waals surface area contributed by atoms with Crippen molar-refractivity contribution < 1.29 is 14.3 Å². The van der Waals surface area contributed by atoms with Gasteiger partial charge in [0, 0.05) is 0 Å². The minimum absolute atomic E-state index is 0.00896. The van der Waals surface area contributed by atoms with E-state index in [9.17, 15) is 9.59 Å². The van der Waals surface area contributed by atoms with Crippen LogP contribution in [0.3, 0.4) is 0 Å². The number of carbonyl (C=O) groups is 2. The molecule has 3 N–H and O–H groups in total. The van der Waals surface area contributed by atoms with Crippen molar-refractivity contribution in [3.05, 3.63) is 35.9 Å². The molecular weight excluding hydrogens is 268 g/mol. The quantitative estimate of drug-likeness (QED) is 0.741. The highest BCUT2D eigenvalue weighted by Crippen LogP contribution is 2.10. The Morgan fingerprint density at radius 2 is 1.90 bits per heavy atom. The van der Waals surface area contributed by atoms with Crippen LogP contribution in [0.15, 0.2) is 30.3 Å². The smallest absolute Gasteiger partial charge is 0.328 e. The number of nitrogens with two attached hydrogens (primary N) is 1. The molecule has 0 aromatic heterocycles. The maximum absolute atomic E-state index is 12.2. The summed E-state index contributed by atoms with van der Waals surface area (Å²) in [6.45, 7) is 3.85. The number of hydrogen-bond acceptors (Lipinski definition) is 4. The second-order valence-corrected chi connectivity index (χ2v) is 5.19. The molecule has 0 saturated carbocycles. The van der Waals surface area contributed by atoms with Gasteiger partial charge in [-0.2, -0.15) is 0 Å². The van der Waals surface area contributed by atoms with E-state index < -0.39 is 18.1 Å². The van der Waals surface area contributed by atoms with Crippen molar-refractivity contribution in [2.75, 3.05) is 7.11 Å². The maximum Gasteiger partial charge on any atom is 0.328 e. The first kappa shape index (κ1) is 17.2. The molecule has 1 aromatic carbocycles. The first-order valence-corrected chi connectivity index (χ1v) is 7.17. The normalized spacial score (nSPS) is 14.9. The van der Waals surface area contributed by atoms with Crippen LogP contribution in [0.25, 0.3) is 0 Å². The zero-order valence-electron chi connectivity index (χ0n) is 12.8. The molecule has 3 atom stereocenters. The highest BCUT2D eigenvalue weighted by molar-refractivity contribution is 5.87. The van der Waals surface area contributed by atoms with Crippen molar-refractivity contribution in [1.82, 2.24) is 5.32 Å². The second-order valence-electron chi connectivity index (χ2n) is 5.19. The lowest BCUT2D eigenvalue weighted by Crippen LogP contribution is -2.51. The predicted octanol–water partition coefficient (Wildman–Crippen LogP) is 1.26. The first-order valence-electron chi connectivity index (χ1n) is 7.17. The van der Waals surface area contributed by atoms with Crippen LogP contribution >= 0.6 is 0 Å². The van der Waals surface area contributed by atoms with Gasteiger partial charge in [0.1, 0.15) is 6.04 Å². The number of benzene rings is 1. The van der Waals surface area contributed by atoms with Gasteiger partial charge >= 0.3 is 5.97 Å². The van der Waals surface area contributed by atoms with E-state index in [4.69, 9.17) is 10.5 Å². The van der Waals surface area contributed by atoms with E-state index in [0.29, 0.717) is 6.42 Å². The molecule has 1 rings (SSSR count). The lowest BCUT2D eigenvalue weighted by atomic mass is 9.98. The van der Waals surface area contributed by atoms with Gasteiger partial charge in [-0.25, -0.2) is 4.79 Å². The highest BCUT2D eigenvalue weighted by Gasteiger charge is 2.28. The molecule has 2 unspecified atom stereocenters. The summed E-state index contributed by atoms with van der Waals surface area (Å²) in [5.41, 5.74) is 6.90. The molecule has 0 bridgehead atoms. The highest BCUT2D eigenvalue weighted by atomic mass is 16.5. The minimum atomic E-state index is -0.691. The standard InChI is InChI=1S/C16H24N2O3/c1-4-11(2)14(16(20)21-3)18-15(19)13(17)10-12-8-6-5-7-9-12/h5-9,11,13-14H,4,10,17H2,1-3H3,(H,18,19)/t11?,13-,14?/m0/s1. The van der Waals surface area contributed by atoms with E-state index in [0.717, 1.165) is 12.0 Å². The van der Waals surface area contributed by atoms with E-state index in [1.807, 2.05) is 44.2 Å². The predicted molar refractivity (Wildman–Crippen MR) is 81.5 cm³/mol. The summed E-state index contributed by atoms with van der Waals surface area (Å²) >= 11 is 0. The van der Waals surface area contributed by atoms with Crippen molar-refractivity contribution in [3.63, 3.8) is 0 Å². The third kappa shape index (κ3) is 5.19. The Balaban J connectivity index is 2.66. The van der Waals surface area contributed by atoms with Gasteiger partial charge in [0.05, 0.1) is 13.2 Å². The Labute approximate surface area is 125 Å². The molecular formula is C16H24N2O3. The number of methoxy groups -OCH3 is 1. The summed E-state index contributed by atoms with van der Waals surface area (Å²) in [5, 5.41) is 2.70. The van der Waals surface area contributed by atoms with E-state index in [1.165, 1.54) is 7.11 Å². The molecule has 0 saturated heterocycles. The third-order valence-electron chi connectivity index (χ3n) is 3.60. The monoisotopic (exact) mass is 292 g/mol. The molecule has 0 spiro atoms.